The van der Waals surface area contributed by atoms with Crippen molar-refractivity contribution in [3.05, 3.63) is 58.6 Å². The van der Waals surface area contributed by atoms with Crippen molar-refractivity contribution in [3.8, 4) is 27.4 Å². The van der Waals surface area contributed by atoms with E-state index in [1.165, 1.54) is 7.11 Å². The molecule has 4 rings (SSSR count). The summed E-state index contributed by atoms with van der Waals surface area (Å²) in [6, 6.07) is 9.51. The SMILES string of the molecule is COc1cc2c(cc1C=C(F)F)-c1c(-c3cccs3)cc(C(=O)N(C)C(C)(C)C)n1CC2. The molecular weight excluding hydrogens is 430 g/mol. The second-order valence-corrected chi connectivity index (χ2v) is 9.84. The third-order valence-corrected chi connectivity index (χ3v) is 6.90. The van der Waals surface area contributed by atoms with Crippen LogP contribution in [0.2, 0.25) is 0 Å². The molecule has 0 unspecified atom stereocenters. The highest BCUT2D eigenvalue weighted by Crippen LogP contribution is 2.44. The fraction of sp³-hybridized carbons (Fsp3) is 0.320. The summed E-state index contributed by atoms with van der Waals surface area (Å²) >= 11 is 1.59. The van der Waals surface area contributed by atoms with E-state index >= 15 is 0 Å². The predicted molar refractivity (Wildman–Crippen MR) is 125 cm³/mol. The number of carbonyl (C=O) groups excluding carboxylic acids is 1. The van der Waals surface area contributed by atoms with Crippen molar-refractivity contribution in [1.82, 2.24) is 9.47 Å². The van der Waals surface area contributed by atoms with Crippen LogP contribution in [-0.4, -0.2) is 35.1 Å². The summed E-state index contributed by atoms with van der Waals surface area (Å²) in [5, 5.41) is 1.99. The minimum Gasteiger partial charge on any atom is -0.496 e. The smallest absolute Gasteiger partial charge is 0.271 e. The Bertz CT molecular complexity index is 1200. The number of ether oxygens (including phenoxy) is 1. The van der Waals surface area contributed by atoms with Gasteiger partial charge in [0.1, 0.15) is 11.4 Å². The van der Waals surface area contributed by atoms with Crippen molar-refractivity contribution >= 4 is 23.3 Å². The predicted octanol–water partition coefficient (Wildman–Crippen LogP) is 6.56. The Labute approximate surface area is 190 Å². The monoisotopic (exact) mass is 456 g/mol. The summed E-state index contributed by atoms with van der Waals surface area (Å²) in [5.41, 5.74) is 4.29. The number of hydrogen-bond donors (Lipinski definition) is 0. The average molecular weight is 457 g/mol. The zero-order valence-electron chi connectivity index (χ0n) is 18.8. The van der Waals surface area contributed by atoms with E-state index < -0.39 is 6.08 Å². The van der Waals surface area contributed by atoms with Crippen molar-refractivity contribution in [3.63, 3.8) is 0 Å². The van der Waals surface area contributed by atoms with Crippen molar-refractivity contribution in [2.24, 2.45) is 0 Å². The lowest BCUT2D eigenvalue weighted by molar-refractivity contribution is 0.0644. The highest BCUT2D eigenvalue weighted by Gasteiger charge is 2.31. The first-order chi connectivity index (χ1) is 15.1. The summed E-state index contributed by atoms with van der Waals surface area (Å²) in [7, 11) is 3.29. The fourth-order valence-corrected chi connectivity index (χ4v) is 4.79. The zero-order valence-corrected chi connectivity index (χ0v) is 19.6. The van der Waals surface area contributed by atoms with E-state index in [1.54, 1.807) is 22.3 Å². The minimum atomic E-state index is -1.78. The van der Waals surface area contributed by atoms with Gasteiger partial charge < -0.3 is 14.2 Å². The Morgan fingerprint density at radius 1 is 1.22 bits per heavy atom. The van der Waals surface area contributed by atoms with Gasteiger partial charge in [0, 0.05) is 46.8 Å². The Morgan fingerprint density at radius 2 is 1.97 bits per heavy atom. The molecule has 4 nitrogen and oxygen atoms in total. The molecule has 32 heavy (non-hydrogen) atoms. The number of halogens is 2. The molecule has 0 aliphatic carbocycles. The van der Waals surface area contributed by atoms with Crippen LogP contribution in [0, 0.1) is 0 Å². The van der Waals surface area contributed by atoms with Gasteiger partial charge in [-0.2, -0.15) is 8.78 Å². The van der Waals surface area contributed by atoms with E-state index in [4.69, 9.17) is 4.74 Å². The molecule has 0 atom stereocenters. The molecule has 1 amide bonds. The molecule has 0 N–H and O–H groups in total. The standard InChI is InChI=1S/C25H26F2N2O2S/c1-25(2,3)28(4)24(30)19-14-18(21-7-6-10-32-21)23-17-11-16(13-22(26)27)20(31-5)12-15(17)8-9-29(19)23/h6-7,10-14H,8-9H2,1-5H3. The number of amides is 1. The summed E-state index contributed by atoms with van der Waals surface area (Å²) in [5.74, 6) is 0.353. The molecule has 3 heterocycles. The molecule has 168 valence electrons. The highest BCUT2D eigenvalue weighted by molar-refractivity contribution is 7.13. The first kappa shape index (κ1) is 22.3. The summed E-state index contributed by atoms with van der Waals surface area (Å²) in [6.45, 7) is 6.62. The number of aryl methyl sites for hydroxylation is 1. The number of thiophene rings is 1. The molecular formula is C25H26F2N2O2S. The van der Waals surface area contributed by atoms with E-state index in [2.05, 4.69) is 0 Å². The van der Waals surface area contributed by atoms with Gasteiger partial charge in [-0.15, -0.1) is 11.3 Å². The van der Waals surface area contributed by atoms with Crippen molar-refractivity contribution in [2.75, 3.05) is 14.2 Å². The van der Waals surface area contributed by atoms with E-state index in [0.29, 0.717) is 30.0 Å². The molecule has 0 fully saturated rings. The molecule has 0 radical (unpaired) electrons. The van der Waals surface area contributed by atoms with Gasteiger partial charge in [0.15, 0.2) is 0 Å². The van der Waals surface area contributed by atoms with Crippen LogP contribution in [0.5, 0.6) is 5.75 Å². The minimum absolute atomic E-state index is 0.0616. The number of rotatable bonds is 4. The van der Waals surface area contributed by atoms with E-state index in [1.807, 2.05) is 62.0 Å². The Morgan fingerprint density at radius 3 is 2.56 bits per heavy atom. The Kier molecular flexibility index (Phi) is 5.71. The molecule has 1 aromatic carbocycles. The van der Waals surface area contributed by atoms with Gasteiger partial charge in [0.25, 0.3) is 12.0 Å². The zero-order chi connectivity index (χ0) is 23.2. The van der Waals surface area contributed by atoms with Gasteiger partial charge in [0.05, 0.1) is 12.8 Å². The number of benzene rings is 1. The number of carbonyl (C=O) groups is 1. The maximum Gasteiger partial charge on any atom is 0.271 e. The van der Waals surface area contributed by atoms with E-state index in [9.17, 15) is 13.6 Å². The van der Waals surface area contributed by atoms with Gasteiger partial charge in [-0.25, -0.2) is 0 Å². The second-order valence-electron chi connectivity index (χ2n) is 8.89. The topological polar surface area (TPSA) is 34.5 Å². The van der Waals surface area contributed by atoms with Crippen molar-refractivity contribution in [2.45, 2.75) is 39.3 Å². The van der Waals surface area contributed by atoms with Crippen LogP contribution in [0.3, 0.4) is 0 Å². The molecule has 1 aliphatic heterocycles. The second kappa shape index (κ2) is 8.20. The molecule has 0 bridgehead atoms. The summed E-state index contributed by atoms with van der Waals surface area (Å²) in [6.07, 6.45) is -0.278. The van der Waals surface area contributed by atoms with Crippen molar-refractivity contribution in [1.29, 1.82) is 0 Å². The van der Waals surface area contributed by atoms with Gasteiger partial charge in [-0.05, 0) is 62.4 Å². The molecule has 0 saturated heterocycles. The molecule has 0 spiro atoms. The molecule has 7 heteroatoms. The Balaban J connectivity index is 1.97. The van der Waals surface area contributed by atoms with E-state index in [0.717, 1.165) is 33.3 Å². The normalized spacial score (nSPS) is 12.7. The van der Waals surface area contributed by atoms with Crippen LogP contribution < -0.4 is 4.74 Å². The van der Waals surface area contributed by atoms with Crippen molar-refractivity contribution < 1.29 is 18.3 Å². The molecule has 3 aromatic rings. The lowest BCUT2D eigenvalue weighted by Gasteiger charge is -2.32. The van der Waals surface area contributed by atoms with Gasteiger partial charge in [0.2, 0.25) is 0 Å². The lowest BCUT2D eigenvalue weighted by Crippen LogP contribution is -2.43. The number of methoxy groups -OCH3 is 1. The average Bonchev–Trinajstić information content (AvgIpc) is 3.38. The van der Waals surface area contributed by atoms with Crippen LogP contribution >= 0.6 is 11.3 Å². The van der Waals surface area contributed by atoms with Gasteiger partial charge >= 0.3 is 0 Å². The van der Waals surface area contributed by atoms with E-state index in [-0.39, 0.29) is 11.4 Å². The Hall–Kier alpha value is -2.93. The van der Waals surface area contributed by atoms with Gasteiger partial charge in [-0.3, -0.25) is 4.79 Å². The fourth-order valence-electron chi connectivity index (χ4n) is 4.05. The van der Waals surface area contributed by atoms with Crippen LogP contribution in [0.25, 0.3) is 27.8 Å². The first-order valence-electron chi connectivity index (χ1n) is 10.4. The quantitative estimate of drug-likeness (QED) is 0.446. The largest absolute Gasteiger partial charge is 0.496 e. The van der Waals surface area contributed by atoms with Crippen LogP contribution in [0.1, 0.15) is 42.4 Å². The lowest BCUT2D eigenvalue weighted by atomic mass is 9.93. The first-order valence-corrected chi connectivity index (χ1v) is 11.3. The third kappa shape index (κ3) is 3.86. The maximum absolute atomic E-state index is 13.5. The van der Waals surface area contributed by atoms with Gasteiger partial charge in [-0.1, -0.05) is 6.07 Å². The number of fused-ring (bicyclic) bond motifs is 3. The summed E-state index contributed by atoms with van der Waals surface area (Å²) in [4.78, 5) is 16.2. The number of hydrogen-bond acceptors (Lipinski definition) is 3. The number of aromatic nitrogens is 1. The van der Waals surface area contributed by atoms with Crippen LogP contribution in [0.4, 0.5) is 8.78 Å². The maximum atomic E-state index is 13.5. The van der Waals surface area contributed by atoms with Crippen LogP contribution in [-0.2, 0) is 13.0 Å². The molecule has 0 saturated carbocycles. The molecule has 1 aliphatic rings. The van der Waals surface area contributed by atoms with Crippen LogP contribution in [0.15, 0.2) is 41.8 Å². The molecule has 2 aromatic heterocycles. The highest BCUT2D eigenvalue weighted by atomic mass is 32.1. The third-order valence-electron chi connectivity index (χ3n) is 5.99. The number of nitrogens with zero attached hydrogens (tertiary/aromatic N) is 2. The summed E-state index contributed by atoms with van der Waals surface area (Å²) < 4.78 is 33.7.